The molecular formula is C10H13NO3. The van der Waals surface area contributed by atoms with Crippen LogP contribution >= 0.6 is 0 Å². The summed E-state index contributed by atoms with van der Waals surface area (Å²) in [4.78, 5) is 23.3. The van der Waals surface area contributed by atoms with Crippen LogP contribution in [0.25, 0.3) is 0 Å². The third kappa shape index (κ3) is 2.49. The molecular weight excluding hydrogens is 182 g/mol. The quantitative estimate of drug-likeness (QED) is 0.651. The fraction of sp³-hybridized carbons (Fsp3) is 0.600. The molecule has 0 aromatic heterocycles. The van der Waals surface area contributed by atoms with Gasteiger partial charge >= 0.3 is 5.97 Å². The van der Waals surface area contributed by atoms with E-state index in [9.17, 15) is 9.59 Å². The topological polar surface area (TPSA) is 57.6 Å². The number of carboxylic acid groups (broad SMARTS) is 1. The van der Waals surface area contributed by atoms with Gasteiger partial charge in [0, 0.05) is 5.92 Å². The van der Waals surface area contributed by atoms with Gasteiger partial charge in [0.1, 0.15) is 6.54 Å². The molecule has 1 aliphatic rings. The van der Waals surface area contributed by atoms with Gasteiger partial charge in [0.25, 0.3) is 0 Å². The van der Waals surface area contributed by atoms with E-state index in [1.54, 1.807) is 0 Å². The Morgan fingerprint density at radius 2 is 2.21 bits per heavy atom. The summed E-state index contributed by atoms with van der Waals surface area (Å²) in [6.07, 6.45) is 5.91. The summed E-state index contributed by atoms with van der Waals surface area (Å²) in [5.41, 5.74) is 0. The summed E-state index contributed by atoms with van der Waals surface area (Å²) < 4.78 is 0. The number of hydrogen-bond acceptors (Lipinski definition) is 2. The van der Waals surface area contributed by atoms with Crippen LogP contribution in [0.5, 0.6) is 0 Å². The van der Waals surface area contributed by atoms with E-state index in [-0.39, 0.29) is 24.9 Å². The zero-order valence-electron chi connectivity index (χ0n) is 8.06. The average molecular weight is 195 g/mol. The van der Waals surface area contributed by atoms with Crippen molar-refractivity contribution in [1.82, 2.24) is 4.90 Å². The number of carbonyl (C=O) groups excluding carboxylic acids is 1. The number of carbonyl (C=O) groups is 2. The molecule has 0 bridgehead atoms. The summed E-state index contributed by atoms with van der Waals surface area (Å²) >= 11 is 0. The van der Waals surface area contributed by atoms with Crippen LogP contribution in [-0.2, 0) is 9.59 Å². The molecule has 0 aromatic carbocycles. The van der Waals surface area contributed by atoms with Gasteiger partial charge in [-0.05, 0) is 12.3 Å². The van der Waals surface area contributed by atoms with E-state index < -0.39 is 5.97 Å². The monoisotopic (exact) mass is 195 g/mol. The summed E-state index contributed by atoms with van der Waals surface area (Å²) in [6.45, 7) is 1.75. The number of terminal acetylenes is 1. The Labute approximate surface area is 82.9 Å². The van der Waals surface area contributed by atoms with Crippen molar-refractivity contribution in [2.75, 3.05) is 13.1 Å². The van der Waals surface area contributed by atoms with Gasteiger partial charge in [0.2, 0.25) is 5.91 Å². The maximum absolute atomic E-state index is 11.6. The maximum Gasteiger partial charge on any atom is 0.323 e. The smallest absolute Gasteiger partial charge is 0.323 e. The molecule has 4 heteroatoms. The molecule has 0 radical (unpaired) electrons. The second kappa shape index (κ2) is 4.14. The Kier molecular flexibility index (Phi) is 3.13. The molecule has 76 valence electrons. The van der Waals surface area contributed by atoms with Crippen molar-refractivity contribution < 1.29 is 14.7 Å². The molecule has 1 N–H and O–H groups in total. The molecule has 2 unspecified atom stereocenters. The van der Waals surface area contributed by atoms with Crippen molar-refractivity contribution in [3.05, 3.63) is 0 Å². The SMILES string of the molecule is C#CCN(CC(=O)O)C(=O)C1CC1C. The molecule has 1 aliphatic carbocycles. The third-order valence-corrected chi connectivity index (χ3v) is 2.35. The van der Waals surface area contributed by atoms with Crippen LogP contribution in [0.1, 0.15) is 13.3 Å². The van der Waals surface area contributed by atoms with Crippen molar-refractivity contribution in [1.29, 1.82) is 0 Å². The zero-order chi connectivity index (χ0) is 10.7. The van der Waals surface area contributed by atoms with E-state index in [0.717, 1.165) is 6.42 Å². The van der Waals surface area contributed by atoms with E-state index in [1.807, 2.05) is 6.92 Å². The molecule has 0 heterocycles. The normalized spacial score (nSPS) is 23.7. The van der Waals surface area contributed by atoms with Crippen LogP contribution in [0.2, 0.25) is 0 Å². The molecule has 0 spiro atoms. The van der Waals surface area contributed by atoms with Gasteiger partial charge in [-0.1, -0.05) is 12.8 Å². The van der Waals surface area contributed by atoms with Crippen LogP contribution in [0.4, 0.5) is 0 Å². The summed E-state index contributed by atoms with van der Waals surface area (Å²) in [5, 5.41) is 8.57. The number of hydrogen-bond donors (Lipinski definition) is 1. The Balaban J connectivity index is 2.54. The predicted molar refractivity (Wildman–Crippen MR) is 50.3 cm³/mol. The lowest BCUT2D eigenvalue weighted by molar-refractivity contribution is -0.144. The lowest BCUT2D eigenvalue weighted by Gasteiger charge is -2.17. The van der Waals surface area contributed by atoms with Crippen LogP contribution < -0.4 is 0 Å². The zero-order valence-corrected chi connectivity index (χ0v) is 8.06. The van der Waals surface area contributed by atoms with Crippen LogP contribution in [0.15, 0.2) is 0 Å². The minimum Gasteiger partial charge on any atom is -0.480 e. The van der Waals surface area contributed by atoms with Crippen molar-refractivity contribution in [3.8, 4) is 12.3 Å². The predicted octanol–water partition coefficient (Wildman–Crippen LogP) is 0.189. The fourth-order valence-electron chi connectivity index (χ4n) is 1.39. The number of carboxylic acids is 1. The number of nitrogens with zero attached hydrogens (tertiary/aromatic N) is 1. The molecule has 0 aromatic rings. The van der Waals surface area contributed by atoms with Gasteiger partial charge in [-0.3, -0.25) is 9.59 Å². The lowest BCUT2D eigenvalue weighted by Crippen LogP contribution is -2.37. The highest BCUT2D eigenvalue weighted by Crippen LogP contribution is 2.39. The van der Waals surface area contributed by atoms with Gasteiger partial charge in [-0.25, -0.2) is 0 Å². The summed E-state index contributed by atoms with van der Waals surface area (Å²) in [6, 6.07) is 0. The van der Waals surface area contributed by atoms with Crippen LogP contribution in [-0.4, -0.2) is 35.0 Å². The third-order valence-electron chi connectivity index (χ3n) is 2.35. The van der Waals surface area contributed by atoms with Crippen LogP contribution in [0.3, 0.4) is 0 Å². The molecule has 1 rings (SSSR count). The molecule has 4 nitrogen and oxygen atoms in total. The largest absolute Gasteiger partial charge is 0.480 e. The minimum absolute atomic E-state index is 0.0114. The number of rotatable bonds is 4. The van der Waals surface area contributed by atoms with E-state index in [2.05, 4.69) is 5.92 Å². The van der Waals surface area contributed by atoms with Crippen molar-refractivity contribution in [2.45, 2.75) is 13.3 Å². The highest BCUT2D eigenvalue weighted by Gasteiger charge is 2.41. The lowest BCUT2D eigenvalue weighted by atomic mass is 10.3. The Morgan fingerprint density at radius 3 is 2.57 bits per heavy atom. The van der Waals surface area contributed by atoms with E-state index >= 15 is 0 Å². The summed E-state index contributed by atoms with van der Waals surface area (Å²) in [5.74, 6) is 1.50. The highest BCUT2D eigenvalue weighted by molar-refractivity contribution is 5.85. The minimum atomic E-state index is -1.03. The Bertz CT molecular complexity index is 292. The summed E-state index contributed by atoms with van der Waals surface area (Å²) in [7, 11) is 0. The molecule has 1 fully saturated rings. The van der Waals surface area contributed by atoms with E-state index in [4.69, 9.17) is 11.5 Å². The Hall–Kier alpha value is -1.50. The van der Waals surface area contributed by atoms with Crippen molar-refractivity contribution >= 4 is 11.9 Å². The molecule has 0 saturated heterocycles. The van der Waals surface area contributed by atoms with Gasteiger partial charge in [-0.2, -0.15) is 0 Å². The average Bonchev–Trinajstić information content (AvgIpc) is 2.80. The van der Waals surface area contributed by atoms with Crippen molar-refractivity contribution in [2.24, 2.45) is 11.8 Å². The van der Waals surface area contributed by atoms with Gasteiger partial charge in [-0.15, -0.1) is 6.42 Å². The maximum atomic E-state index is 11.6. The number of amides is 1. The first kappa shape index (κ1) is 10.6. The van der Waals surface area contributed by atoms with Gasteiger partial charge in [0.15, 0.2) is 0 Å². The van der Waals surface area contributed by atoms with E-state index in [0.29, 0.717) is 5.92 Å². The van der Waals surface area contributed by atoms with Crippen LogP contribution in [0, 0.1) is 24.2 Å². The van der Waals surface area contributed by atoms with Gasteiger partial charge in [0.05, 0.1) is 6.54 Å². The molecule has 0 aliphatic heterocycles. The molecule has 1 saturated carbocycles. The standard InChI is InChI=1S/C10H13NO3/c1-3-4-11(6-9(12)13)10(14)8-5-7(8)2/h1,7-8H,4-6H2,2H3,(H,12,13). The van der Waals surface area contributed by atoms with E-state index in [1.165, 1.54) is 4.90 Å². The first-order valence-electron chi connectivity index (χ1n) is 4.50. The fourth-order valence-corrected chi connectivity index (χ4v) is 1.39. The second-order valence-corrected chi connectivity index (χ2v) is 3.61. The molecule has 14 heavy (non-hydrogen) atoms. The Morgan fingerprint density at radius 1 is 1.64 bits per heavy atom. The van der Waals surface area contributed by atoms with Crippen molar-refractivity contribution in [3.63, 3.8) is 0 Å². The van der Waals surface area contributed by atoms with Gasteiger partial charge < -0.3 is 10.0 Å². The molecule has 1 amide bonds. The highest BCUT2D eigenvalue weighted by atomic mass is 16.4. The first-order valence-corrected chi connectivity index (χ1v) is 4.50. The first-order chi connectivity index (χ1) is 6.56. The number of aliphatic carboxylic acids is 1. The second-order valence-electron chi connectivity index (χ2n) is 3.61. The molecule has 2 atom stereocenters.